The molecule has 0 radical (unpaired) electrons. The predicted molar refractivity (Wildman–Crippen MR) is 148 cm³/mol. The van der Waals surface area contributed by atoms with Crippen LogP contribution in [0.15, 0.2) is 54.6 Å². The second-order valence-corrected chi connectivity index (χ2v) is 10.8. The Balaban J connectivity index is 1.66. The van der Waals surface area contributed by atoms with Crippen LogP contribution in [0.4, 0.5) is 0 Å². The number of hydrogen-bond acceptors (Lipinski definition) is 7. The Bertz CT molecular complexity index is 1150. The summed E-state index contributed by atoms with van der Waals surface area (Å²) in [6, 6.07) is 17.7. The second kappa shape index (κ2) is 12.8. The van der Waals surface area contributed by atoms with Gasteiger partial charge >= 0.3 is 0 Å². The van der Waals surface area contributed by atoms with Gasteiger partial charge in [-0.15, -0.1) is 0 Å². The first-order valence-corrected chi connectivity index (χ1v) is 13.3. The van der Waals surface area contributed by atoms with Gasteiger partial charge in [-0.2, -0.15) is 5.10 Å². The Kier molecular flexibility index (Phi) is 9.44. The van der Waals surface area contributed by atoms with E-state index in [9.17, 15) is 5.11 Å². The molecule has 38 heavy (non-hydrogen) atoms. The third-order valence-electron chi connectivity index (χ3n) is 6.44. The summed E-state index contributed by atoms with van der Waals surface area (Å²) >= 11 is 0. The molecule has 2 heterocycles. The van der Waals surface area contributed by atoms with Gasteiger partial charge < -0.3 is 24.1 Å². The zero-order chi connectivity index (χ0) is 27.1. The highest BCUT2D eigenvalue weighted by Crippen LogP contribution is 2.35. The largest absolute Gasteiger partial charge is 0.497 e. The van der Waals surface area contributed by atoms with E-state index >= 15 is 0 Å². The summed E-state index contributed by atoms with van der Waals surface area (Å²) in [6.45, 7) is 8.70. The zero-order valence-corrected chi connectivity index (χ0v) is 23.2. The average molecular weight is 524 g/mol. The fourth-order valence-electron chi connectivity index (χ4n) is 4.63. The molecule has 0 amide bonds. The topological polar surface area (TPSA) is 78.2 Å². The molecule has 2 unspecified atom stereocenters. The smallest absolute Gasteiger partial charge is 0.222 e. The van der Waals surface area contributed by atoms with Gasteiger partial charge in [0.05, 0.1) is 37.1 Å². The van der Waals surface area contributed by atoms with E-state index in [-0.39, 0.29) is 18.3 Å². The fraction of sp³-hybridized carbons (Fsp3) is 0.500. The van der Waals surface area contributed by atoms with E-state index < -0.39 is 6.10 Å². The van der Waals surface area contributed by atoms with Crippen molar-refractivity contribution in [2.45, 2.75) is 58.0 Å². The lowest BCUT2D eigenvalue weighted by atomic mass is 10.1. The molecule has 1 aliphatic rings. The summed E-state index contributed by atoms with van der Waals surface area (Å²) < 4.78 is 25.4. The van der Waals surface area contributed by atoms with Crippen molar-refractivity contribution in [2.75, 3.05) is 33.4 Å². The highest BCUT2D eigenvalue weighted by atomic mass is 16.5. The Morgan fingerprint density at radius 2 is 1.89 bits per heavy atom. The van der Waals surface area contributed by atoms with Crippen LogP contribution in [0.2, 0.25) is 0 Å². The summed E-state index contributed by atoms with van der Waals surface area (Å²) in [4.78, 5) is 2.23. The van der Waals surface area contributed by atoms with Gasteiger partial charge in [-0.1, -0.05) is 36.4 Å². The number of aryl methyl sites for hydroxylation is 1. The first-order chi connectivity index (χ1) is 18.2. The summed E-state index contributed by atoms with van der Waals surface area (Å²) in [5, 5.41) is 15.8. The van der Waals surface area contributed by atoms with E-state index in [1.165, 1.54) is 0 Å². The van der Waals surface area contributed by atoms with Crippen LogP contribution < -0.4 is 9.47 Å². The summed E-state index contributed by atoms with van der Waals surface area (Å²) in [7, 11) is 3.53. The van der Waals surface area contributed by atoms with Gasteiger partial charge in [0.15, 0.2) is 0 Å². The van der Waals surface area contributed by atoms with Crippen LogP contribution in [0.1, 0.15) is 39.2 Å². The van der Waals surface area contributed by atoms with E-state index in [4.69, 9.17) is 24.0 Å². The van der Waals surface area contributed by atoms with Gasteiger partial charge in [-0.05, 0) is 45.7 Å². The first kappa shape index (κ1) is 28.1. The Hall–Kier alpha value is -2.91. The number of benzene rings is 2. The molecule has 0 spiro atoms. The molecule has 1 fully saturated rings. The van der Waals surface area contributed by atoms with Crippen molar-refractivity contribution in [1.82, 2.24) is 14.7 Å². The van der Waals surface area contributed by atoms with E-state index in [1.54, 1.807) is 11.8 Å². The monoisotopic (exact) mass is 523 g/mol. The van der Waals surface area contributed by atoms with Crippen LogP contribution in [0.3, 0.4) is 0 Å². The van der Waals surface area contributed by atoms with Gasteiger partial charge in [-0.25, -0.2) is 4.68 Å². The Morgan fingerprint density at radius 1 is 1.13 bits per heavy atom. The predicted octanol–water partition coefficient (Wildman–Crippen LogP) is 5.05. The third-order valence-corrected chi connectivity index (χ3v) is 6.44. The van der Waals surface area contributed by atoms with Crippen molar-refractivity contribution >= 4 is 0 Å². The van der Waals surface area contributed by atoms with Crippen LogP contribution in [0.5, 0.6) is 17.4 Å². The molecule has 1 aliphatic heterocycles. The molecule has 8 nitrogen and oxygen atoms in total. The zero-order valence-electron chi connectivity index (χ0n) is 23.2. The highest BCUT2D eigenvalue weighted by molar-refractivity contribution is 5.65. The van der Waals surface area contributed by atoms with Crippen LogP contribution in [0.25, 0.3) is 11.3 Å². The number of methoxy groups -OCH3 is 1. The van der Waals surface area contributed by atoms with Gasteiger partial charge in [0.2, 0.25) is 5.88 Å². The molecule has 2 atom stereocenters. The summed E-state index contributed by atoms with van der Waals surface area (Å²) in [6.07, 6.45) is 1.55. The number of ether oxygens (including phenoxy) is 4. The number of aliphatic hydroxyl groups is 1. The molecule has 3 aromatic rings. The highest BCUT2D eigenvalue weighted by Gasteiger charge is 2.27. The average Bonchev–Trinajstić information content (AvgIpc) is 3.51. The van der Waals surface area contributed by atoms with Crippen molar-refractivity contribution in [2.24, 2.45) is 7.05 Å². The van der Waals surface area contributed by atoms with Gasteiger partial charge in [0.25, 0.3) is 0 Å². The summed E-state index contributed by atoms with van der Waals surface area (Å²) in [5.41, 5.74) is 2.49. The minimum atomic E-state index is -0.643. The van der Waals surface area contributed by atoms with Gasteiger partial charge in [-0.3, -0.25) is 4.90 Å². The standard InChI is InChI=1S/C30H41N3O5/c1-30(2,3)37-21-23(34)18-33(19-26-15-10-16-36-26)20-27-28(22-11-7-6-8-12-22)31-32(4)29(27)38-25-14-9-13-24(17-25)35-5/h6-9,11-14,17,23,26,34H,10,15-16,18-21H2,1-5H3. The molecule has 0 bridgehead atoms. The molecule has 4 rings (SSSR count). The molecule has 0 aliphatic carbocycles. The van der Waals surface area contributed by atoms with E-state index in [0.717, 1.165) is 42.0 Å². The molecule has 0 saturated carbocycles. The van der Waals surface area contributed by atoms with Crippen LogP contribution in [0, 0.1) is 0 Å². The van der Waals surface area contributed by atoms with E-state index in [1.807, 2.05) is 70.3 Å². The molecule has 1 saturated heterocycles. The lowest BCUT2D eigenvalue weighted by molar-refractivity contribution is -0.0594. The molecule has 2 aromatic carbocycles. The van der Waals surface area contributed by atoms with E-state index in [0.29, 0.717) is 31.3 Å². The molecular weight excluding hydrogens is 482 g/mol. The number of rotatable bonds is 12. The van der Waals surface area contributed by atoms with Crippen molar-refractivity contribution in [3.63, 3.8) is 0 Å². The minimum Gasteiger partial charge on any atom is -0.497 e. The first-order valence-electron chi connectivity index (χ1n) is 13.3. The maximum Gasteiger partial charge on any atom is 0.222 e. The SMILES string of the molecule is COc1cccc(Oc2c(CN(CC(O)COC(C)(C)C)CC3CCCO3)c(-c3ccccc3)nn2C)c1. The molecule has 206 valence electrons. The Labute approximate surface area is 226 Å². The van der Waals surface area contributed by atoms with Gasteiger partial charge in [0, 0.05) is 44.9 Å². The normalized spacial score (nSPS) is 16.7. The second-order valence-electron chi connectivity index (χ2n) is 10.8. The van der Waals surface area contributed by atoms with Crippen molar-refractivity contribution in [1.29, 1.82) is 0 Å². The van der Waals surface area contributed by atoms with Crippen LogP contribution in [-0.4, -0.2) is 71.0 Å². The summed E-state index contributed by atoms with van der Waals surface area (Å²) in [5.74, 6) is 2.03. The van der Waals surface area contributed by atoms with Crippen molar-refractivity contribution < 1.29 is 24.1 Å². The number of nitrogens with zero attached hydrogens (tertiary/aromatic N) is 3. The molecule has 1 aromatic heterocycles. The van der Waals surface area contributed by atoms with E-state index in [2.05, 4.69) is 17.0 Å². The fourth-order valence-corrected chi connectivity index (χ4v) is 4.63. The maximum absolute atomic E-state index is 10.9. The molecule has 1 N–H and O–H groups in total. The number of aliphatic hydroxyl groups excluding tert-OH is 1. The minimum absolute atomic E-state index is 0.130. The van der Waals surface area contributed by atoms with Gasteiger partial charge in [0.1, 0.15) is 17.2 Å². The van der Waals surface area contributed by atoms with Crippen LogP contribution in [-0.2, 0) is 23.1 Å². The lowest BCUT2D eigenvalue weighted by Crippen LogP contribution is -2.40. The molecule has 8 heteroatoms. The van der Waals surface area contributed by atoms with Crippen LogP contribution >= 0.6 is 0 Å². The lowest BCUT2D eigenvalue weighted by Gasteiger charge is -2.29. The number of aromatic nitrogens is 2. The van der Waals surface area contributed by atoms with Crippen molar-refractivity contribution in [3.8, 4) is 28.6 Å². The Morgan fingerprint density at radius 3 is 2.58 bits per heavy atom. The number of hydrogen-bond donors (Lipinski definition) is 1. The third kappa shape index (κ3) is 7.80. The van der Waals surface area contributed by atoms with Crippen molar-refractivity contribution in [3.05, 3.63) is 60.2 Å². The quantitative estimate of drug-likeness (QED) is 0.356. The maximum atomic E-state index is 10.9. The molecular formula is C30H41N3O5.